The minimum Gasteiger partial charge on any atom is -0.326 e. The second-order valence-electron chi connectivity index (χ2n) is 9.62. The summed E-state index contributed by atoms with van der Waals surface area (Å²) in [6, 6.07) is 23.2. The average molecular weight is 498 g/mol. The molecule has 0 bridgehead atoms. The van der Waals surface area contributed by atoms with E-state index in [1.807, 2.05) is 77.7 Å². The van der Waals surface area contributed by atoms with Crippen LogP contribution in [0.3, 0.4) is 0 Å². The molecule has 1 N–H and O–H groups in total. The molecule has 3 aliphatic rings. The number of amides is 3. The zero-order valence-corrected chi connectivity index (χ0v) is 20.7. The zero-order chi connectivity index (χ0) is 24.6. The molecule has 1 atom stereocenters. The molecule has 1 saturated carbocycles. The van der Waals surface area contributed by atoms with Gasteiger partial charge in [-0.25, -0.2) is 0 Å². The number of rotatable bonds is 4. The number of nitrogens with one attached hydrogen (secondary N) is 1. The van der Waals surface area contributed by atoms with Gasteiger partial charge in [-0.3, -0.25) is 14.4 Å². The van der Waals surface area contributed by atoms with Gasteiger partial charge in [-0.05, 0) is 55.3 Å². The molecular weight excluding hydrogens is 470 g/mol. The normalized spacial score (nSPS) is 19.7. The topological polar surface area (TPSA) is 69.7 Å². The highest BCUT2D eigenvalue weighted by molar-refractivity contribution is 7.99. The van der Waals surface area contributed by atoms with Gasteiger partial charge in [-0.15, -0.1) is 0 Å². The third kappa shape index (κ3) is 4.17. The van der Waals surface area contributed by atoms with E-state index in [-0.39, 0.29) is 30.2 Å². The highest BCUT2D eigenvalue weighted by Gasteiger charge is 2.36. The molecule has 7 heteroatoms. The Hall–Kier alpha value is -3.58. The van der Waals surface area contributed by atoms with Crippen LogP contribution in [0.1, 0.15) is 42.5 Å². The Morgan fingerprint density at radius 2 is 1.64 bits per heavy atom. The van der Waals surface area contributed by atoms with Gasteiger partial charge in [0.2, 0.25) is 11.8 Å². The van der Waals surface area contributed by atoms with Crippen molar-refractivity contribution in [3.8, 4) is 0 Å². The lowest BCUT2D eigenvalue weighted by molar-refractivity contribution is -0.122. The molecule has 0 spiro atoms. The van der Waals surface area contributed by atoms with Crippen LogP contribution in [-0.2, 0) is 9.59 Å². The zero-order valence-electron chi connectivity index (χ0n) is 19.9. The van der Waals surface area contributed by atoms with Crippen molar-refractivity contribution in [3.05, 3.63) is 78.4 Å². The molecule has 3 amide bonds. The number of carbonyl (C=O) groups is 3. The van der Waals surface area contributed by atoms with E-state index in [0.717, 1.165) is 52.4 Å². The van der Waals surface area contributed by atoms with Crippen molar-refractivity contribution in [3.63, 3.8) is 0 Å². The van der Waals surface area contributed by atoms with Crippen molar-refractivity contribution < 1.29 is 14.4 Å². The first-order valence-electron chi connectivity index (χ1n) is 12.5. The molecule has 1 aliphatic carbocycles. The van der Waals surface area contributed by atoms with E-state index in [0.29, 0.717) is 12.2 Å². The fraction of sp³-hybridized carbons (Fsp3) is 0.276. The molecule has 2 fully saturated rings. The maximum atomic E-state index is 13.6. The molecular formula is C29H27N3O3S. The van der Waals surface area contributed by atoms with Gasteiger partial charge in [0.25, 0.3) is 5.91 Å². The van der Waals surface area contributed by atoms with E-state index < -0.39 is 5.92 Å². The van der Waals surface area contributed by atoms with Crippen LogP contribution in [0, 0.1) is 5.92 Å². The predicted molar refractivity (Wildman–Crippen MR) is 142 cm³/mol. The molecule has 36 heavy (non-hydrogen) atoms. The van der Waals surface area contributed by atoms with Crippen molar-refractivity contribution >= 4 is 46.5 Å². The number of nitrogens with zero attached hydrogens (tertiary/aromatic N) is 2. The second kappa shape index (κ2) is 9.47. The van der Waals surface area contributed by atoms with Crippen LogP contribution in [-0.4, -0.2) is 30.3 Å². The molecule has 6 nitrogen and oxygen atoms in total. The summed E-state index contributed by atoms with van der Waals surface area (Å²) in [4.78, 5) is 44.9. The molecule has 0 radical (unpaired) electrons. The van der Waals surface area contributed by atoms with Crippen molar-refractivity contribution in [1.29, 1.82) is 0 Å². The van der Waals surface area contributed by atoms with Gasteiger partial charge in [-0.2, -0.15) is 0 Å². The maximum absolute atomic E-state index is 13.6. The molecule has 182 valence electrons. The molecule has 1 unspecified atom stereocenters. The molecule has 3 aromatic rings. The number of carbonyl (C=O) groups excluding carboxylic acids is 3. The monoisotopic (exact) mass is 497 g/mol. The largest absolute Gasteiger partial charge is 0.326 e. The fourth-order valence-electron chi connectivity index (χ4n) is 5.47. The Morgan fingerprint density at radius 3 is 2.44 bits per heavy atom. The van der Waals surface area contributed by atoms with Crippen LogP contribution in [0.15, 0.2) is 82.6 Å². The van der Waals surface area contributed by atoms with Crippen LogP contribution >= 0.6 is 11.8 Å². The Labute approximate surface area is 214 Å². The number of fused-ring (bicyclic) bond motifs is 2. The van der Waals surface area contributed by atoms with Crippen molar-refractivity contribution in [1.82, 2.24) is 0 Å². The predicted octanol–water partition coefficient (Wildman–Crippen LogP) is 5.73. The summed E-state index contributed by atoms with van der Waals surface area (Å²) in [6.45, 7) is 0.367. The lowest BCUT2D eigenvalue weighted by atomic mass is 10.1. The highest BCUT2D eigenvalue weighted by Crippen LogP contribution is 2.45. The number of hydrogen-bond acceptors (Lipinski definition) is 4. The van der Waals surface area contributed by atoms with Crippen LogP contribution in [0.5, 0.6) is 0 Å². The third-order valence-electron chi connectivity index (χ3n) is 7.30. The number of hydrogen-bond donors (Lipinski definition) is 1. The van der Waals surface area contributed by atoms with Gasteiger partial charge < -0.3 is 15.1 Å². The smallest absolute Gasteiger partial charge is 0.259 e. The summed E-state index contributed by atoms with van der Waals surface area (Å²) in [5.41, 5.74) is 3.11. The SMILES string of the molecule is O=C(Nc1ccc2c(c1)Sc1ccccc1C(=O)N2C1CCCC1)C1CC(=O)N(c2ccccc2)C1. The van der Waals surface area contributed by atoms with E-state index in [1.54, 1.807) is 16.7 Å². The minimum atomic E-state index is -0.415. The van der Waals surface area contributed by atoms with E-state index in [1.165, 1.54) is 0 Å². The maximum Gasteiger partial charge on any atom is 0.259 e. The highest BCUT2D eigenvalue weighted by atomic mass is 32.2. The Kier molecular flexibility index (Phi) is 6.01. The van der Waals surface area contributed by atoms with E-state index in [2.05, 4.69) is 5.32 Å². The van der Waals surface area contributed by atoms with Crippen molar-refractivity contribution in [2.45, 2.75) is 47.9 Å². The van der Waals surface area contributed by atoms with Gasteiger partial charge in [0.05, 0.1) is 17.2 Å². The Bertz CT molecular complexity index is 1340. The van der Waals surface area contributed by atoms with Gasteiger partial charge in [0.1, 0.15) is 0 Å². The van der Waals surface area contributed by atoms with Crippen LogP contribution in [0.25, 0.3) is 0 Å². The number of benzene rings is 3. The summed E-state index contributed by atoms with van der Waals surface area (Å²) >= 11 is 1.57. The molecule has 2 heterocycles. The van der Waals surface area contributed by atoms with Gasteiger partial charge >= 0.3 is 0 Å². The van der Waals surface area contributed by atoms with Crippen LogP contribution < -0.4 is 15.1 Å². The Balaban J connectivity index is 1.26. The van der Waals surface area contributed by atoms with Gasteiger partial charge in [-0.1, -0.05) is 54.9 Å². The van der Waals surface area contributed by atoms with Gasteiger partial charge in [0, 0.05) is 40.2 Å². The van der Waals surface area contributed by atoms with E-state index >= 15 is 0 Å². The summed E-state index contributed by atoms with van der Waals surface area (Å²) in [5.74, 6) is -0.571. The number of anilines is 3. The second-order valence-corrected chi connectivity index (χ2v) is 10.7. The number of para-hydroxylation sites is 1. The van der Waals surface area contributed by atoms with Crippen LogP contribution in [0.2, 0.25) is 0 Å². The summed E-state index contributed by atoms with van der Waals surface area (Å²) in [7, 11) is 0. The first-order chi connectivity index (χ1) is 17.6. The van der Waals surface area contributed by atoms with Crippen molar-refractivity contribution in [2.24, 2.45) is 5.92 Å². The molecule has 0 aromatic heterocycles. The first-order valence-corrected chi connectivity index (χ1v) is 13.3. The molecule has 2 aliphatic heterocycles. The summed E-state index contributed by atoms with van der Waals surface area (Å²) in [5, 5.41) is 3.03. The van der Waals surface area contributed by atoms with Crippen LogP contribution in [0.4, 0.5) is 17.1 Å². The first kappa shape index (κ1) is 22.9. The molecule has 1 saturated heterocycles. The molecule has 3 aromatic carbocycles. The quantitative estimate of drug-likeness (QED) is 0.500. The van der Waals surface area contributed by atoms with Crippen molar-refractivity contribution in [2.75, 3.05) is 21.7 Å². The third-order valence-corrected chi connectivity index (χ3v) is 8.42. The molecule has 6 rings (SSSR count). The lowest BCUT2D eigenvalue weighted by Crippen LogP contribution is -2.39. The summed E-state index contributed by atoms with van der Waals surface area (Å²) < 4.78 is 0. The lowest BCUT2D eigenvalue weighted by Gasteiger charge is -2.29. The van der Waals surface area contributed by atoms with E-state index in [4.69, 9.17) is 0 Å². The minimum absolute atomic E-state index is 0.0406. The fourth-order valence-corrected chi connectivity index (χ4v) is 6.58. The Morgan fingerprint density at radius 1 is 0.889 bits per heavy atom. The van der Waals surface area contributed by atoms with Gasteiger partial charge in [0.15, 0.2) is 0 Å². The van der Waals surface area contributed by atoms with E-state index in [9.17, 15) is 14.4 Å². The summed E-state index contributed by atoms with van der Waals surface area (Å²) in [6.07, 6.45) is 4.46. The standard InChI is InChI=1S/C29H27N3O3S/c33-27-16-19(18-31(27)21-8-2-1-3-9-21)28(34)30-20-14-15-24-26(17-20)36-25-13-7-6-12-23(25)29(35)32(24)22-10-4-5-11-22/h1-3,6-9,12-15,17,19,22H,4-5,10-11,16,18H2,(H,30,34). The average Bonchev–Trinajstić information content (AvgIpc) is 3.54.